The number of aromatic nitrogens is 2. The monoisotopic (exact) mass is 221 g/mol. The van der Waals surface area contributed by atoms with E-state index < -0.39 is 0 Å². The number of hydrogen-bond donors (Lipinski definition) is 1. The molecule has 1 fully saturated rings. The molecule has 0 amide bonds. The molecule has 0 bridgehead atoms. The Labute approximate surface area is 91.1 Å². The Morgan fingerprint density at radius 2 is 2.40 bits per heavy atom. The predicted octanol–water partition coefficient (Wildman–Crippen LogP) is 2.33. The van der Waals surface area contributed by atoms with Crippen molar-refractivity contribution < 1.29 is 4.52 Å². The molecule has 2 aromatic heterocycles. The quantitative estimate of drug-likeness (QED) is 0.863. The Morgan fingerprint density at radius 1 is 1.53 bits per heavy atom. The van der Waals surface area contributed by atoms with Gasteiger partial charge in [0.15, 0.2) is 5.82 Å². The molecule has 2 aromatic rings. The van der Waals surface area contributed by atoms with E-state index in [0.717, 1.165) is 28.7 Å². The van der Waals surface area contributed by atoms with E-state index in [4.69, 9.17) is 10.3 Å². The van der Waals surface area contributed by atoms with Crippen LogP contribution in [0.25, 0.3) is 11.5 Å². The summed E-state index contributed by atoms with van der Waals surface area (Å²) < 4.78 is 5.18. The number of rotatable bonds is 3. The van der Waals surface area contributed by atoms with E-state index >= 15 is 0 Å². The van der Waals surface area contributed by atoms with E-state index in [9.17, 15) is 0 Å². The van der Waals surface area contributed by atoms with Crippen LogP contribution in [0.1, 0.15) is 18.7 Å². The molecule has 2 N–H and O–H groups in total. The first kappa shape index (κ1) is 8.91. The fourth-order valence-corrected chi connectivity index (χ4v) is 2.16. The molecule has 0 atom stereocenters. The van der Waals surface area contributed by atoms with Crippen LogP contribution in [0.15, 0.2) is 16.0 Å². The van der Waals surface area contributed by atoms with Crippen LogP contribution in [0.5, 0.6) is 0 Å². The molecule has 78 valence electrons. The van der Waals surface area contributed by atoms with Gasteiger partial charge in [-0.05, 0) is 30.2 Å². The number of nitrogens with zero attached hydrogens (tertiary/aromatic N) is 2. The molecule has 0 radical (unpaired) electrons. The van der Waals surface area contributed by atoms with Crippen molar-refractivity contribution in [1.82, 2.24) is 10.1 Å². The number of nitrogen functional groups attached to an aromatic ring is 1. The van der Waals surface area contributed by atoms with E-state index in [1.807, 2.05) is 11.4 Å². The normalized spacial score (nSPS) is 15.7. The van der Waals surface area contributed by atoms with E-state index in [1.165, 1.54) is 24.2 Å². The van der Waals surface area contributed by atoms with Gasteiger partial charge in [0.05, 0.1) is 10.6 Å². The average Bonchev–Trinajstić information content (AvgIpc) is 2.74. The van der Waals surface area contributed by atoms with Crippen LogP contribution in [0, 0.1) is 5.92 Å². The van der Waals surface area contributed by atoms with Gasteiger partial charge in [0.2, 0.25) is 0 Å². The third kappa shape index (κ3) is 1.74. The summed E-state index contributed by atoms with van der Waals surface area (Å²) in [7, 11) is 0. The molecule has 4 nitrogen and oxygen atoms in total. The first-order chi connectivity index (χ1) is 7.33. The zero-order valence-corrected chi connectivity index (χ0v) is 8.96. The summed E-state index contributed by atoms with van der Waals surface area (Å²) in [6, 6.07) is 1.91. The molecule has 0 unspecified atom stereocenters. The summed E-state index contributed by atoms with van der Waals surface area (Å²) in [6.45, 7) is 0. The van der Waals surface area contributed by atoms with Crippen molar-refractivity contribution in [2.75, 3.05) is 5.73 Å². The molecule has 2 heterocycles. The van der Waals surface area contributed by atoms with Crippen LogP contribution in [0.3, 0.4) is 0 Å². The van der Waals surface area contributed by atoms with Crippen molar-refractivity contribution in [2.24, 2.45) is 5.92 Å². The summed E-state index contributed by atoms with van der Waals surface area (Å²) >= 11 is 1.48. The van der Waals surface area contributed by atoms with Crippen molar-refractivity contribution >= 4 is 16.3 Å². The molecular formula is C10H11N3OS. The molecule has 0 saturated heterocycles. The highest BCUT2D eigenvalue weighted by atomic mass is 32.1. The summed E-state index contributed by atoms with van der Waals surface area (Å²) in [5.41, 5.74) is 6.64. The lowest BCUT2D eigenvalue weighted by Crippen LogP contribution is -1.89. The molecular weight excluding hydrogens is 210 g/mol. The summed E-state index contributed by atoms with van der Waals surface area (Å²) in [5.74, 6) is 2.12. The zero-order valence-electron chi connectivity index (χ0n) is 8.14. The first-order valence-electron chi connectivity index (χ1n) is 4.99. The lowest BCUT2D eigenvalue weighted by molar-refractivity contribution is 0.421. The van der Waals surface area contributed by atoms with Crippen LogP contribution in [0.2, 0.25) is 0 Å². The summed E-state index contributed by atoms with van der Waals surface area (Å²) in [5, 5.41) is 6.62. The highest BCUT2D eigenvalue weighted by molar-refractivity contribution is 7.14. The number of nitrogens with two attached hydrogens (primary N) is 1. The molecule has 1 saturated carbocycles. The van der Waals surface area contributed by atoms with Gasteiger partial charge in [0.25, 0.3) is 5.89 Å². The van der Waals surface area contributed by atoms with Crippen molar-refractivity contribution in [3.8, 4) is 11.5 Å². The molecule has 0 aliphatic heterocycles. The fourth-order valence-electron chi connectivity index (χ4n) is 1.52. The molecule has 1 aliphatic rings. The molecule has 0 spiro atoms. The maximum absolute atomic E-state index is 5.79. The van der Waals surface area contributed by atoms with E-state index in [2.05, 4.69) is 10.1 Å². The highest BCUT2D eigenvalue weighted by Crippen LogP contribution is 2.33. The van der Waals surface area contributed by atoms with Gasteiger partial charge in [-0.25, -0.2) is 0 Å². The van der Waals surface area contributed by atoms with Gasteiger partial charge in [-0.15, -0.1) is 11.3 Å². The fraction of sp³-hybridized carbons (Fsp3) is 0.400. The van der Waals surface area contributed by atoms with Crippen LogP contribution < -0.4 is 5.73 Å². The molecule has 1 aliphatic carbocycles. The van der Waals surface area contributed by atoms with E-state index in [1.54, 1.807) is 0 Å². The summed E-state index contributed by atoms with van der Waals surface area (Å²) in [4.78, 5) is 4.34. The average molecular weight is 221 g/mol. The molecule has 3 rings (SSSR count). The number of thiophene rings is 1. The standard InChI is InChI=1S/C10H11N3OS/c11-9-7(3-4-15-9)10-12-8(13-14-10)5-6-1-2-6/h3-4,6H,1-2,5,11H2. The van der Waals surface area contributed by atoms with Crippen molar-refractivity contribution in [2.45, 2.75) is 19.3 Å². The third-order valence-electron chi connectivity index (χ3n) is 2.56. The minimum atomic E-state index is 0.546. The van der Waals surface area contributed by atoms with Crippen LogP contribution >= 0.6 is 11.3 Å². The van der Waals surface area contributed by atoms with Crippen LogP contribution in [-0.2, 0) is 6.42 Å². The lowest BCUT2D eigenvalue weighted by Gasteiger charge is -1.89. The van der Waals surface area contributed by atoms with Gasteiger partial charge >= 0.3 is 0 Å². The first-order valence-corrected chi connectivity index (χ1v) is 5.87. The minimum absolute atomic E-state index is 0.546. The van der Waals surface area contributed by atoms with Gasteiger partial charge in [0.1, 0.15) is 0 Å². The molecule has 5 heteroatoms. The van der Waals surface area contributed by atoms with Crippen LogP contribution in [-0.4, -0.2) is 10.1 Å². The minimum Gasteiger partial charge on any atom is -0.390 e. The van der Waals surface area contributed by atoms with Crippen molar-refractivity contribution in [1.29, 1.82) is 0 Å². The Bertz CT molecular complexity index is 472. The van der Waals surface area contributed by atoms with Crippen molar-refractivity contribution in [3.63, 3.8) is 0 Å². The second-order valence-electron chi connectivity index (χ2n) is 3.86. The summed E-state index contributed by atoms with van der Waals surface area (Å²) in [6.07, 6.45) is 3.53. The number of anilines is 1. The zero-order chi connectivity index (χ0) is 10.3. The maximum atomic E-state index is 5.79. The van der Waals surface area contributed by atoms with Gasteiger partial charge < -0.3 is 10.3 Å². The van der Waals surface area contributed by atoms with Crippen LogP contribution in [0.4, 0.5) is 5.00 Å². The largest absolute Gasteiger partial charge is 0.390 e. The molecule has 15 heavy (non-hydrogen) atoms. The smallest absolute Gasteiger partial charge is 0.260 e. The maximum Gasteiger partial charge on any atom is 0.260 e. The van der Waals surface area contributed by atoms with E-state index in [0.29, 0.717) is 5.89 Å². The predicted molar refractivity (Wildman–Crippen MR) is 58.5 cm³/mol. The Morgan fingerprint density at radius 3 is 3.07 bits per heavy atom. The Hall–Kier alpha value is -1.36. The van der Waals surface area contributed by atoms with E-state index in [-0.39, 0.29) is 0 Å². The number of hydrogen-bond acceptors (Lipinski definition) is 5. The second-order valence-corrected chi connectivity index (χ2v) is 4.81. The van der Waals surface area contributed by atoms with Gasteiger partial charge in [-0.3, -0.25) is 0 Å². The third-order valence-corrected chi connectivity index (χ3v) is 3.31. The van der Waals surface area contributed by atoms with Gasteiger partial charge in [-0.1, -0.05) is 5.16 Å². The highest BCUT2D eigenvalue weighted by Gasteiger charge is 2.24. The van der Waals surface area contributed by atoms with Gasteiger partial charge in [-0.2, -0.15) is 4.98 Å². The van der Waals surface area contributed by atoms with Crippen molar-refractivity contribution in [3.05, 3.63) is 17.3 Å². The molecule has 0 aromatic carbocycles. The lowest BCUT2D eigenvalue weighted by atomic mass is 10.3. The second kappa shape index (κ2) is 3.34. The Balaban J connectivity index is 1.86. The SMILES string of the molecule is Nc1sccc1-c1nc(CC2CC2)no1. The van der Waals surface area contributed by atoms with Gasteiger partial charge in [0, 0.05) is 6.42 Å². The topological polar surface area (TPSA) is 64.9 Å². The Kier molecular flexibility index (Phi) is 1.98.